The van der Waals surface area contributed by atoms with Crippen LogP contribution in [0, 0.1) is 0 Å². The molecule has 1 amide bonds. The van der Waals surface area contributed by atoms with Crippen molar-refractivity contribution in [1.29, 1.82) is 0 Å². The van der Waals surface area contributed by atoms with Gasteiger partial charge in [0.15, 0.2) is 5.69 Å². The summed E-state index contributed by atoms with van der Waals surface area (Å²) in [6.07, 6.45) is 1.06. The molecular weight excluding hydrogens is 288 g/mol. The molecule has 6 heteroatoms. The van der Waals surface area contributed by atoms with Crippen LogP contribution in [0.15, 0.2) is 36.4 Å². The number of hydrogen-bond acceptors (Lipinski definition) is 4. The molecule has 2 aromatic rings. The van der Waals surface area contributed by atoms with Crippen LogP contribution in [-0.2, 0) is 0 Å². The van der Waals surface area contributed by atoms with E-state index in [1.54, 1.807) is 19.2 Å². The van der Waals surface area contributed by atoms with Crippen molar-refractivity contribution < 1.29 is 4.79 Å². The Morgan fingerprint density at radius 3 is 2.57 bits per heavy atom. The molecule has 0 bridgehead atoms. The lowest BCUT2D eigenvalue weighted by atomic mass is 10.1. The van der Waals surface area contributed by atoms with Gasteiger partial charge in [-0.3, -0.25) is 4.79 Å². The Balaban J connectivity index is 1.61. The second-order valence-electron chi connectivity index (χ2n) is 5.03. The van der Waals surface area contributed by atoms with Gasteiger partial charge in [0.05, 0.1) is 0 Å². The second-order valence-corrected chi connectivity index (χ2v) is 5.46. The first kappa shape index (κ1) is 13.8. The van der Waals surface area contributed by atoms with Crippen molar-refractivity contribution in [2.24, 2.45) is 0 Å². The molecule has 0 radical (unpaired) electrons. The van der Waals surface area contributed by atoms with Crippen molar-refractivity contribution in [3.05, 3.63) is 52.7 Å². The molecule has 0 saturated heterocycles. The fourth-order valence-electron chi connectivity index (χ4n) is 2.28. The molecule has 108 valence electrons. The fraction of sp³-hybridized carbons (Fsp3) is 0.267. The van der Waals surface area contributed by atoms with Crippen LogP contribution in [0.3, 0.4) is 0 Å². The lowest BCUT2D eigenvalue weighted by Gasteiger charge is -2.05. The van der Waals surface area contributed by atoms with Gasteiger partial charge in [-0.2, -0.15) is 0 Å². The summed E-state index contributed by atoms with van der Waals surface area (Å²) in [6.45, 7) is 0. The normalized spacial score (nSPS) is 19.9. The van der Waals surface area contributed by atoms with Crippen molar-refractivity contribution in [1.82, 2.24) is 15.5 Å². The number of benzene rings is 1. The average molecular weight is 303 g/mol. The van der Waals surface area contributed by atoms with Gasteiger partial charge in [-0.25, -0.2) is 0 Å². The molecule has 1 fully saturated rings. The van der Waals surface area contributed by atoms with E-state index >= 15 is 0 Å². The van der Waals surface area contributed by atoms with Gasteiger partial charge in [-0.1, -0.05) is 23.7 Å². The number of carbonyl (C=O) groups is 1. The molecule has 5 nitrogen and oxygen atoms in total. The molecule has 1 aromatic carbocycles. The number of rotatable bonds is 4. The number of halogens is 1. The zero-order valence-electron chi connectivity index (χ0n) is 11.5. The second kappa shape index (κ2) is 5.69. The Morgan fingerprint density at radius 2 is 1.95 bits per heavy atom. The first-order valence-electron chi connectivity index (χ1n) is 6.75. The summed E-state index contributed by atoms with van der Waals surface area (Å²) in [7, 11) is 1.57. The minimum atomic E-state index is -0.237. The molecule has 1 aliphatic rings. The molecular formula is C15H15ClN4O. The first-order valence-corrected chi connectivity index (χ1v) is 7.13. The third kappa shape index (κ3) is 3.13. The highest BCUT2D eigenvalue weighted by Crippen LogP contribution is 2.42. The molecule has 1 saturated carbocycles. The zero-order chi connectivity index (χ0) is 14.8. The molecule has 0 aliphatic heterocycles. The highest BCUT2D eigenvalue weighted by atomic mass is 35.5. The number of nitrogens with zero attached hydrogens (tertiary/aromatic N) is 2. The van der Waals surface area contributed by atoms with E-state index in [4.69, 9.17) is 11.6 Å². The SMILES string of the molecule is CNC(=O)c1ccc(NC2CC2c2ccc(Cl)cc2)nn1. The standard InChI is InChI=1S/C15H15ClN4O/c1-17-15(21)12-6-7-14(20-19-12)18-13-8-11(13)9-2-4-10(16)5-3-9/h2-7,11,13H,8H2,1H3,(H,17,21)(H,18,20). The number of anilines is 1. The third-order valence-electron chi connectivity index (χ3n) is 3.55. The van der Waals surface area contributed by atoms with Gasteiger partial charge < -0.3 is 10.6 Å². The van der Waals surface area contributed by atoms with E-state index in [1.807, 2.05) is 12.1 Å². The van der Waals surface area contributed by atoms with E-state index in [0.29, 0.717) is 23.5 Å². The number of carbonyl (C=O) groups excluding carboxylic acids is 1. The van der Waals surface area contributed by atoms with E-state index in [0.717, 1.165) is 11.4 Å². The van der Waals surface area contributed by atoms with Crippen LogP contribution in [0.2, 0.25) is 5.02 Å². The summed E-state index contributed by atoms with van der Waals surface area (Å²) in [6, 6.07) is 11.7. The molecule has 3 rings (SSSR count). The summed E-state index contributed by atoms with van der Waals surface area (Å²) >= 11 is 5.89. The summed E-state index contributed by atoms with van der Waals surface area (Å²) in [5, 5.41) is 14.5. The van der Waals surface area contributed by atoms with Crippen LogP contribution >= 0.6 is 11.6 Å². The van der Waals surface area contributed by atoms with Gasteiger partial charge in [0.25, 0.3) is 5.91 Å². The van der Waals surface area contributed by atoms with Gasteiger partial charge in [-0.05, 0) is 36.2 Å². The predicted molar refractivity (Wildman–Crippen MR) is 81.6 cm³/mol. The minimum absolute atomic E-state index is 0.237. The quantitative estimate of drug-likeness (QED) is 0.910. The Morgan fingerprint density at radius 1 is 1.19 bits per heavy atom. The van der Waals surface area contributed by atoms with Crippen LogP contribution in [0.1, 0.15) is 28.4 Å². The number of hydrogen-bond donors (Lipinski definition) is 2. The van der Waals surface area contributed by atoms with E-state index < -0.39 is 0 Å². The van der Waals surface area contributed by atoms with Crippen LogP contribution in [0.4, 0.5) is 5.82 Å². The van der Waals surface area contributed by atoms with Gasteiger partial charge in [0, 0.05) is 24.0 Å². The van der Waals surface area contributed by atoms with Crippen molar-refractivity contribution in [2.75, 3.05) is 12.4 Å². The summed E-state index contributed by atoms with van der Waals surface area (Å²) in [5.74, 6) is 0.923. The first-order chi connectivity index (χ1) is 10.2. The summed E-state index contributed by atoms with van der Waals surface area (Å²) < 4.78 is 0. The van der Waals surface area contributed by atoms with Crippen LogP contribution in [0.5, 0.6) is 0 Å². The minimum Gasteiger partial charge on any atom is -0.365 e. The van der Waals surface area contributed by atoms with E-state index in [9.17, 15) is 4.79 Å². The Labute approximate surface area is 127 Å². The predicted octanol–water partition coefficient (Wildman–Crippen LogP) is 2.46. The zero-order valence-corrected chi connectivity index (χ0v) is 12.3. The highest BCUT2D eigenvalue weighted by molar-refractivity contribution is 6.30. The van der Waals surface area contributed by atoms with Crippen LogP contribution < -0.4 is 10.6 Å². The van der Waals surface area contributed by atoms with Crippen molar-refractivity contribution >= 4 is 23.3 Å². The van der Waals surface area contributed by atoms with Crippen LogP contribution in [-0.4, -0.2) is 29.2 Å². The summed E-state index contributed by atoms with van der Waals surface area (Å²) in [5.41, 5.74) is 1.58. The van der Waals surface area contributed by atoms with Crippen molar-refractivity contribution in [3.63, 3.8) is 0 Å². The van der Waals surface area contributed by atoms with Gasteiger partial charge >= 0.3 is 0 Å². The fourth-order valence-corrected chi connectivity index (χ4v) is 2.41. The highest BCUT2D eigenvalue weighted by Gasteiger charge is 2.38. The Hall–Kier alpha value is -2.14. The van der Waals surface area contributed by atoms with E-state index in [-0.39, 0.29) is 5.91 Å². The molecule has 0 spiro atoms. The Bertz CT molecular complexity index is 642. The van der Waals surface area contributed by atoms with E-state index in [2.05, 4.69) is 33.0 Å². The van der Waals surface area contributed by atoms with Crippen molar-refractivity contribution in [2.45, 2.75) is 18.4 Å². The monoisotopic (exact) mass is 302 g/mol. The maximum absolute atomic E-state index is 11.4. The molecule has 2 atom stereocenters. The molecule has 1 heterocycles. The van der Waals surface area contributed by atoms with Gasteiger partial charge in [-0.15, -0.1) is 10.2 Å². The maximum Gasteiger partial charge on any atom is 0.271 e. The third-order valence-corrected chi connectivity index (χ3v) is 3.80. The molecule has 2 unspecified atom stereocenters. The van der Waals surface area contributed by atoms with Crippen molar-refractivity contribution in [3.8, 4) is 0 Å². The number of aromatic nitrogens is 2. The Kier molecular flexibility index (Phi) is 3.75. The number of nitrogens with one attached hydrogen (secondary N) is 2. The summed E-state index contributed by atoms with van der Waals surface area (Å²) in [4.78, 5) is 11.4. The van der Waals surface area contributed by atoms with E-state index in [1.165, 1.54) is 5.56 Å². The smallest absolute Gasteiger partial charge is 0.271 e. The molecule has 1 aromatic heterocycles. The molecule has 21 heavy (non-hydrogen) atoms. The lowest BCUT2D eigenvalue weighted by molar-refractivity contribution is 0.0957. The van der Waals surface area contributed by atoms with Crippen LogP contribution in [0.25, 0.3) is 0 Å². The van der Waals surface area contributed by atoms with Gasteiger partial charge in [0.1, 0.15) is 5.82 Å². The van der Waals surface area contributed by atoms with Gasteiger partial charge in [0.2, 0.25) is 0 Å². The average Bonchev–Trinajstić information content (AvgIpc) is 3.27. The topological polar surface area (TPSA) is 66.9 Å². The number of amides is 1. The molecule has 1 aliphatic carbocycles. The molecule has 2 N–H and O–H groups in total. The lowest BCUT2D eigenvalue weighted by Crippen LogP contribution is -2.20. The maximum atomic E-state index is 11.4. The largest absolute Gasteiger partial charge is 0.365 e.